The zero-order valence-electron chi connectivity index (χ0n) is 9.78. The van der Waals surface area contributed by atoms with Gasteiger partial charge in [0.05, 0.1) is 0 Å². The van der Waals surface area contributed by atoms with Crippen LogP contribution in [0.4, 0.5) is 0 Å². The van der Waals surface area contributed by atoms with Gasteiger partial charge in [-0.25, -0.2) is 0 Å². The molecule has 0 aromatic rings. The Labute approximate surface area is 82.5 Å². The quantitative estimate of drug-likeness (QED) is 0.555. The molecular formula is C12H23N. The van der Waals surface area contributed by atoms with E-state index in [1.54, 1.807) is 0 Å². The summed E-state index contributed by atoms with van der Waals surface area (Å²) in [5, 5.41) is 0. The van der Waals surface area contributed by atoms with E-state index < -0.39 is 0 Å². The standard InChI is InChI=1S/C12H23N/c1-10(2,3)13-8-12(9-13)6-11(4,5)7-12/h6-9H2,1-5H3. The van der Waals surface area contributed by atoms with E-state index in [-0.39, 0.29) is 0 Å². The first-order valence-electron chi connectivity index (χ1n) is 5.48. The maximum atomic E-state index is 2.61. The first kappa shape index (κ1) is 9.51. The van der Waals surface area contributed by atoms with Gasteiger partial charge in [-0.1, -0.05) is 13.8 Å². The van der Waals surface area contributed by atoms with Crippen LogP contribution in [0, 0.1) is 10.8 Å². The van der Waals surface area contributed by atoms with Crippen molar-refractivity contribution in [3.63, 3.8) is 0 Å². The molecule has 0 radical (unpaired) electrons. The monoisotopic (exact) mass is 181 g/mol. The third-order valence-electron chi connectivity index (χ3n) is 3.71. The van der Waals surface area contributed by atoms with Gasteiger partial charge in [0.15, 0.2) is 0 Å². The highest BCUT2D eigenvalue weighted by Gasteiger charge is 2.57. The Kier molecular flexibility index (Phi) is 1.69. The second-order valence-electron chi connectivity index (χ2n) is 7.04. The fourth-order valence-corrected chi connectivity index (χ4v) is 3.44. The lowest BCUT2D eigenvalue weighted by atomic mass is 9.51. The maximum absolute atomic E-state index is 2.61. The Bertz CT molecular complexity index is 206. The van der Waals surface area contributed by atoms with E-state index in [0.717, 1.165) is 5.41 Å². The maximum Gasteiger partial charge on any atom is 0.0125 e. The molecular weight excluding hydrogens is 158 g/mol. The topological polar surface area (TPSA) is 3.24 Å². The molecule has 0 N–H and O–H groups in total. The van der Waals surface area contributed by atoms with E-state index in [4.69, 9.17) is 0 Å². The molecule has 0 amide bonds. The van der Waals surface area contributed by atoms with Crippen LogP contribution in [-0.2, 0) is 0 Å². The lowest BCUT2D eigenvalue weighted by Gasteiger charge is -2.65. The van der Waals surface area contributed by atoms with Crippen LogP contribution in [0.25, 0.3) is 0 Å². The highest BCUT2D eigenvalue weighted by molar-refractivity contribution is 5.09. The summed E-state index contributed by atoms with van der Waals surface area (Å²) in [4.78, 5) is 2.61. The Morgan fingerprint density at radius 3 is 1.77 bits per heavy atom. The summed E-state index contributed by atoms with van der Waals surface area (Å²) in [6.45, 7) is 14.5. The van der Waals surface area contributed by atoms with E-state index >= 15 is 0 Å². The van der Waals surface area contributed by atoms with Crippen LogP contribution in [0.2, 0.25) is 0 Å². The number of hydrogen-bond acceptors (Lipinski definition) is 1. The van der Waals surface area contributed by atoms with Crippen LogP contribution in [0.1, 0.15) is 47.5 Å². The minimum atomic E-state index is 0.394. The summed E-state index contributed by atoms with van der Waals surface area (Å²) in [6.07, 6.45) is 2.90. The average molecular weight is 181 g/mol. The van der Waals surface area contributed by atoms with E-state index in [9.17, 15) is 0 Å². The molecule has 0 bridgehead atoms. The third-order valence-corrected chi connectivity index (χ3v) is 3.71. The van der Waals surface area contributed by atoms with Crippen LogP contribution >= 0.6 is 0 Å². The van der Waals surface area contributed by atoms with Crippen LogP contribution in [0.3, 0.4) is 0 Å². The van der Waals surface area contributed by atoms with Crippen LogP contribution in [0.5, 0.6) is 0 Å². The zero-order chi connectivity index (χ0) is 9.91. The second-order valence-corrected chi connectivity index (χ2v) is 7.04. The van der Waals surface area contributed by atoms with Gasteiger partial charge in [0.2, 0.25) is 0 Å². The van der Waals surface area contributed by atoms with Gasteiger partial charge < -0.3 is 0 Å². The summed E-state index contributed by atoms with van der Waals surface area (Å²) in [7, 11) is 0. The van der Waals surface area contributed by atoms with Crippen molar-refractivity contribution in [2.75, 3.05) is 13.1 Å². The summed E-state index contributed by atoms with van der Waals surface area (Å²) >= 11 is 0. The molecule has 0 atom stereocenters. The van der Waals surface area contributed by atoms with Gasteiger partial charge in [-0.15, -0.1) is 0 Å². The molecule has 0 unspecified atom stereocenters. The number of hydrogen-bond donors (Lipinski definition) is 0. The minimum absolute atomic E-state index is 0.394. The third kappa shape index (κ3) is 1.52. The minimum Gasteiger partial charge on any atom is -0.297 e. The van der Waals surface area contributed by atoms with Crippen molar-refractivity contribution in [2.45, 2.75) is 53.0 Å². The Morgan fingerprint density at radius 2 is 1.46 bits per heavy atom. The lowest BCUT2D eigenvalue weighted by molar-refractivity contribution is -0.157. The van der Waals surface area contributed by atoms with Gasteiger partial charge in [0.1, 0.15) is 0 Å². The average Bonchev–Trinajstić information content (AvgIpc) is 1.72. The van der Waals surface area contributed by atoms with Crippen molar-refractivity contribution in [3.8, 4) is 0 Å². The fraction of sp³-hybridized carbons (Fsp3) is 1.00. The smallest absolute Gasteiger partial charge is 0.0125 e. The number of likely N-dealkylation sites (tertiary alicyclic amines) is 1. The van der Waals surface area contributed by atoms with E-state index in [1.165, 1.54) is 25.9 Å². The molecule has 2 fully saturated rings. The molecule has 0 aromatic carbocycles. The largest absolute Gasteiger partial charge is 0.297 e. The molecule has 0 aromatic heterocycles. The summed E-state index contributed by atoms with van der Waals surface area (Å²) < 4.78 is 0. The first-order valence-corrected chi connectivity index (χ1v) is 5.48. The first-order chi connectivity index (χ1) is 5.73. The van der Waals surface area contributed by atoms with Gasteiger partial charge in [0, 0.05) is 18.6 Å². The van der Waals surface area contributed by atoms with Gasteiger partial charge in [-0.3, -0.25) is 4.90 Å². The van der Waals surface area contributed by atoms with E-state index in [2.05, 4.69) is 39.5 Å². The van der Waals surface area contributed by atoms with Crippen LogP contribution < -0.4 is 0 Å². The molecule has 1 aliphatic carbocycles. The zero-order valence-corrected chi connectivity index (χ0v) is 9.78. The molecule has 1 spiro atoms. The van der Waals surface area contributed by atoms with Gasteiger partial charge >= 0.3 is 0 Å². The van der Waals surface area contributed by atoms with Gasteiger partial charge in [0.25, 0.3) is 0 Å². The molecule has 1 heteroatoms. The molecule has 76 valence electrons. The molecule has 1 heterocycles. The van der Waals surface area contributed by atoms with Crippen molar-refractivity contribution in [1.82, 2.24) is 4.90 Å². The molecule has 1 saturated carbocycles. The highest BCUT2D eigenvalue weighted by atomic mass is 15.3. The van der Waals surface area contributed by atoms with Crippen LogP contribution in [0.15, 0.2) is 0 Å². The second kappa shape index (κ2) is 2.31. The van der Waals surface area contributed by atoms with Gasteiger partial charge in [-0.05, 0) is 44.4 Å². The van der Waals surface area contributed by atoms with Crippen molar-refractivity contribution in [3.05, 3.63) is 0 Å². The number of rotatable bonds is 0. The van der Waals surface area contributed by atoms with Crippen molar-refractivity contribution in [1.29, 1.82) is 0 Å². The molecule has 2 aliphatic rings. The SMILES string of the molecule is CC1(C)CC2(CN(C(C)(C)C)C2)C1. The molecule has 1 nitrogen and oxygen atoms in total. The predicted octanol–water partition coefficient (Wildman–Crippen LogP) is 2.91. The summed E-state index contributed by atoms with van der Waals surface area (Å²) in [5.74, 6) is 0. The van der Waals surface area contributed by atoms with E-state index in [0.29, 0.717) is 11.0 Å². The fourth-order valence-electron chi connectivity index (χ4n) is 3.44. The van der Waals surface area contributed by atoms with Crippen molar-refractivity contribution < 1.29 is 0 Å². The van der Waals surface area contributed by atoms with Crippen molar-refractivity contribution >= 4 is 0 Å². The summed E-state index contributed by atoms with van der Waals surface area (Å²) in [5.41, 5.74) is 1.77. The Hall–Kier alpha value is -0.0400. The van der Waals surface area contributed by atoms with Gasteiger partial charge in [-0.2, -0.15) is 0 Å². The molecule has 1 saturated heterocycles. The molecule has 2 rings (SSSR count). The molecule has 13 heavy (non-hydrogen) atoms. The van der Waals surface area contributed by atoms with Crippen LogP contribution in [-0.4, -0.2) is 23.5 Å². The van der Waals surface area contributed by atoms with E-state index in [1.807, 2.05) is 0 Å². The lowest BCUT2D eigenvalue weighted by Crippen LogP contribution is -2.68. The number of nitrogens with zero attached hydrogens (tertiary/aromatic N) is 1. The summed E-state index contributed by atoms with van der Waals surface area (Å²) in [6, 6.07) is 0. The Morgan fingerprint density at radius 1 is 1.00 bits per heavy atom. The molecule has 1 aliphatic heterocycles. The Balaban J connectivity index is 1.87. The normalized spacial score (nSPS) is 31.2. The van der Waals surface area contributed by atoms with Crippen molar-refractivity contribution in [2.24, 2.45) is 10.8 Å². The highest BCUT2D eigenvalue weighted by Crippen LogP contribution is 2.59. The predicted molar refractivity (Wildman–Crippen MR) is 56.8 cm³/mol.